The van der Waals surface area contributed by atoms with Crippen molar-refractivity contribution < 1.29 is 4.79 Å². The first-order chi connectivity index (χ1) is 8.94. The van der Waals surface area contributed by atoms with Gasteiger partial charge in [0.1, 0.15) is 7.28 Å². The Kier molecular flexibility index (Phi) is 3.22. The van der Waals surface area contributed by atoms with Crippen molar-refractivity contribution in [2.75, 3.05) is 0 Å². The van der Waals surface area contributed by atoms with Crippen LogP contribution in [-0.4, -0.2) is 30.2 Å². The fraction of sp³-hybridized carbons (Fsp3) is 0.938. The molecule has 0 N–H and O–H groups in total. The van der Waals surface area contributed by atoms with Gasteiger partial charge in [-0.2, -0.15) is 0 Å². The van der Waals surface area contributed by atoms with E-state index >= 15 is 0 Å². The number of likely N-dealkylation sites (tertiary alicyclic amines) is 1. The molecule has 4 aliphatic rings. The van der Waals surface area contributed by atoms with Gasteiger partial charge in [0, 0.05) is 18.5 Å². The average molecular weight is 260 g/mol. The summed E-state index contributed by atoms with van der Waals surface area (Å²) in [5, 5.41) is 0.494. The number of amides is 1. The van der Waals surface area contributed by atoms with Gasteiger partial charge in [-0.1, -0.05) is 37.8 Å². The number of carbonyl (C=O) groups excluding carboxylic acids is 1. The molecule has 0 aromatic carbocycles. The molecule has 1 saturated carbocycles. The summed E-state index contributed by atoms with van der Waals surface area (Å²) in [6.45, 7) is 9.09. The molecule has 3 heterocycles. The Morgan fingerprint density at radius 3 is 2.53 bits per heavy atom. The van der Waals surface area contributed by atoms with Crippen LogP contribution in [-0.2, 0) is 4.79 Å². The molecule has 4 fully saturated rings. The summed E-state index contributed by atoms with van der Waals surface area (Å²) in [7, 11) is 2.66. The van der Waals surface area contributed by atoms with Crippen LogP contribution in [0, 0.1) is 11.8 Å². The zero-order chi connectivity index (χ0) is 13.8. The summed E-state index contributed by atoms with van der Waals surface area (Å²) in [6.07, 6.45) is 5.80. The predicted octanol–water partition coefficient (Wildman–Crippen LogP) is 3.51. The highest BCUT2D eigenvalue weighted by molar-refractivity contribution is 6.46. The van der Waals surface area contributed by atoms with Gasteiger partial charge in [-0.15, -0.1) is 0 Å². The lowest BCUT2D eigenvalue weighted by Crippen LogP contribution is -2.53. The van der Waals surface area contributed by atoms with Gasteiger partial charge in [-0.3, -0.25) is 4.79 Å². The van der Waals surface area contributed by atoms with E-state index in [0.717, 1.165) is 30.5 Å². The molecule has 19 heavy (non-hydrogen) atoms. The van der Waals surface area contributed by atoms with Gasteiger partial charge >= 0.3 is 0 Å². The fourth-order valence-corrected chi connectivity index (χ4v) is 4.95. The zero-order valence-electron chi connectivity index (χ0n) is 12.9. The second kappa shape index (κ2) is 4.53. The normalized spacial score (nSPS) is 41.7. The average Bonchev–Trinajstić information content (AvgIpc) is 2.53. The first-order valence-corrected chi connectivity index (χ1v) is 8.12. The van der Waals surface area contributed by atoms with E-state index in [2.05, 4.69) is 39.9 Å². The molecule has 3 heteroatoms. The molecule has 1 radical (unpaired) electrons. The maximum absolute atomic E-state index is 12.3. The SMILES string of the molecule is CC(C)N1C(=O)CCC2C3[B]C(C(C)C)(CCC21)C3. The zero-order valence-corrected chi connectivity index (χ0v) is 12.9. The second-order valence-corrected chi connectivity index (χ2v) is 7.63. The van der Waals surface area contributed by atoms with Crippen LogP contribution < -0.4 is 0 Å². The van der Waals surface area contributed by atoms with E-state index in [1.807, 2.05) is 0 Å². The van der Waals surface area contributed by atoms with E-state index in [-0.39, 0.29) is 0 Å². The molecular weight excluding hydrogens is 233 g/mol. The minimum absolute atomic E-state index is 0.366. The lowest BCUT2D eigenvalue weighted by Gasteiger charge is -2.52. The van der Waals surface area contributed by atoms with Crippen molar-refractivity contribution in [2.45, 2.75) is 83.0 Å². The molecule has 2 nitrogen and oxygen atoms in total. The maximum Gasteiger partial charge on any atom is 0.223 e. The number of fused-ring (bicyclic) bond motifs is 1. The molecule has 3 aliphatic heterocycles. The summed E-state index contributed by atoms with van der Waals surface area (Å²) in [5.41, 5.74) is 0. The Labute approximate surface area is 118 Å². The molecule has 1 amide bonds. The van der Waals surface area contributed by atoms with Gasteiger partial charge in [0.05, 0.1) is 0 Å². The Bertz CT molecular complexity index is 373. The Morgan fingerprint density at radius 2 is 1.95 bits per heavy atom. The van der Waals surface area contributed by atoms with Gasteiger partial charge in [-0.25, -0.2) is 0 Å². The summed E-state index contributed by atoms with van der Waals surface area (Å²) in [4.78, 5) is 14.5. The third-order valence-electron chi connectivity index (χ3n) is 6.15. The van der Waals surface area contributed by atoms with E-state index in [1.165, 1.54) is 19.3 Å². The second-order valence-electron chi connectivity index (χ2n) is 7.63. The standard InChI is InChI=1S/C16H27BNO/c1-10(2)16-8-7-14-12(13(9-16)17-16)5-6-15(19)18(14)11(3)4/h10-14H,5-9H2,1-4H3. The number of nitrogens with zero attached hydrogens (tertiary/aromatic N) is 1. The number of hydrogen-bond donors (Lipinski definition) is 0. The van der Waals surface area contributed by atoms with Crippen LogP contribution in [0.5, 0.6) is 0 Å². The number of rotatable bonds is 2. The first-order valence-electron chi connectivity index (χ1n) is 8.12. The molecule has 0 spiro atoms. The molecule has 4 rings (SSSR count). The summed E-state index contributed by atoms with van der Waals surface area (Å²) >= 11 is 0. The molecule has 3 saturated heterocycles. The van der Waals surface area contributed by atoms with Crippen LogP contribution in [0.4, 0.5) is 0 Å². The van der Waals surface area contributed by atoms with E-state index in [4.69, 9.17) is 0 Å². The van der Waals surface area contributed by atoms with Crippen molar-refractivity contribution in [1.29, 1.82) is 0 Å². The van der Waals surface area contributed by atoms with Gasteiger partial charge < -0.3 is 4.90 Å². The van der Waals surface area contributed by atoms with Crippen LogP contribution in [0.15, 0.2) is 0 Å². The summed E-state index contributed by atoms with van der Waals surface area (Å²) in [5.74, 6) is 2.68. The monoisotopic (exact) mass is 260 g/mol. The van der Waals surface area contributed by atoms with Crippen LogP contribution in [0.25, 0.3) is 0 Å². The van der Waals surface area contributed by atoms with Crippen molar-refractivity contribution in [1.82, 2.24) is 4.90 Å². The minimum atomic E-state index is 0.366. The van der Waals surface area contributed by atoms with Crippen molar-refractivity contribution >= 4 is 13.2 Å². The molecule has 1 aliphatic carbocycles. The van der Waals surface area contributed by atoms with Crippen molar-refractivity contribution in [3.8, 4) is 0 Å². The lowest BCUT2D eigenvalue weighted by atomic mass is 9.27. The van der Waals surface area contributed by atoms with E-state index in [1.54, 1.807) is 0 Å². The highest BCUT2D eigenvalue weighted by Crippen LogP contribution is 2.64. The molecule has 4 atom stereocenters. The first kappa shape index (κ1) is 13.5. The quantitative estimate of drug-likeness (QED) is 0.696. The van der Waals surface area contributed by atoms with Crippen molar-refractivity contribution in [3.05, 3.63) is 0 Å². The van der Waals surface area contributed by atoms with Gasteiger partial charge in [0.15, 0.2) is 0 Å². The summed E-state index contributed by atoms with van der Waals surface area (Å²) in [6, 6.07) is 0.885. The Hall–Kier alpha value is -0.465. The van der Waals surface area contributed by atoms with Gasteiger partial charge in [0.25, 0.3) is 0 Å². The van der Waals surface area contributed by atoms with E-state index in [9.17, 15) is 4.79 Å². The van der Waals surface area contributed by atoms with Gasteiger partial charge in [0.2, 0.25) is 5.91 Å². The molecule has 0 aromatic heterocycles. The third-order valence-corrected chi connectivity index (χ3v) is 6.15. The summed E-state index contributed by atoms with van der Waals surface area (Å²) < 4.78 is 0. The van der Waals surface area contributed by atoms with Gasteiger partial charge in [-0.05, 0) is 38.5 Å². The number of piperidine rings is 1. The largest absolute Gasteiger partial charge is 0.337 e. The molecule has 105 valence electrons. The maximum atomic E-state index is 12.3. The highest BCUT2D eigenvalue weighted by atomic mass is 16.2. The fourth-order valence-electron chi connectivity index (χ4n) is 4.95. The topological polar surface area (TPSA) is 20.3 Å². The number of hydrogen-bond acceptors (Lipinski definition) is 1. The Balaban J connectivity index is 1.84. The van der Waals surface area contributed by atoms with Crippen molar-refractivity contribution in [3.63, 3.8) is 0 Å². The van der Waals surface area contributed by atoms with E-state index < -0.39 is 0 Å². The number of carbonyl (C=O) groups is 1. The lowest BCUT2D eigenvalue weighted by molar-refractivity contribution is -0.141. The molecular formula is C16H27BNO. The van der Waals surface area contributed by atoms with Crippen LogP contribution in [0.2, 0.25) is 11.1 Å². The highest BCUT2D eigenvalue weighted by Gasteiger charge is 2.55. The van der Waals surface area contributed by atoms with E-state index in [0.29, 0.717) is 23.3 Å². The molecule has 4 unspecified atom stereocenters. The third kappa shape index (κ3) is 1.95. The Morgan fingerprint density at radius 1 is 1.26 bits per heavy atom. The van der Waals surface area contributed by atoms with Crippen LogP contribution in [0.1, 0.15) is 59.8 Å². The molecule has 2 bridgehead atoms. The predicted molar refractivity (Wildman–Crippen MR) is 79.4 cm³/mol. The van der Waals surface area contributed by atoms with Crippen LogP contribution >= 0.6 is 0 Å². The molecule has 0 aromatic rings. The van der Waals surface area contributed by atoms with Crippen molar-refractivity contribution in [2.24, 2.45) is 11.8 Å². The minimum Gasteiger partial charge on any atom is -0.337 e. The smallest absolute Gasteiger partial charge is 0.223 e. The van der Waals surface area contributed by atoms with Crippen LogP contribution in [0.3, 0.4) is 0 Å².